The number of hydrogen-bond donors (Lipinski definition) is 0. The van der Waals surface area contributed by atoms with Gasteiger partial charge in [-0.05, 0) is 67.3 Å². The number of allylic oxidation sites excluding steroid dienone is 3. The Morgan fingerprint density at radius 2 is 1.16 bits per heavy atom. The van der Waals surface area contributed by atoms with Gasteiger partial charge in [-0.3, -0.25) is 9.59 Å². The van der Waals surface area contributed by atoms with Crippen LogP contribution in [0.1, 0.15) is 39.5 Å². The first-order valence-electron chi connectivity index (χ1n) is 13.1. The van der Waals surface area contributed by atoms with Crippen LogP contribution in [0.15, 0.2) is 90.5 Å². The Morgan fingerprint density at radius 1 is 0.711 bits per heavy atom. The number of carbonyl (C=O) groups excluding carboxylic acids is 3. The molecule has 2 bridgehead atoms. The number of ether oxygens (including phenoxy) is 1. The summed E-state index contributed by atoms with van der Waals surface area (Å²) in [6, 6.07) is 23.5. The first-order valence-corrected chi connectivity index (χ1v) is 13.1. The predicted octanol–water partition coefficient (Wildman–Crippen LogP) is 5.90. The molecule has 0 aromatic heterocycles. The highest BCUT2D eigenvalue weighted by Crippen LogP contribution is 2.58. The molecule has 5 heteroatoms. The fraction of sp³-hybridized carbons (Fsp3) is 0.242. The molecule has 0 spiro atoms. The smallest absolute Gasteiger partial charge is 0.338 e. The normalized spacial score (nSPS) is 23.2. The number of aryl methyl sites for hydroxylation is 2. The van der Waals surface area contributed by atoms with E-state index in [9.17, 15) is 14.4 Å². The third-order valence-electron chi connectivity index (χ3n) is 8.02. The summed E-state index contributed by atoms with van der Waals surface area (Å²) in [7, 11) is 0. The van der Waals surface area contributed by atoms with E-state index < -0.39 is 17.8 Å². The zero-order chi connectivity index (χ0) is 26.6. The first-order chi connectivity index (χ1) is 18.4. The van der Waals surface area contributed by atoms with E-state index in [0.29, 0.717) is 11.3 Å². The lowest BCUT2D eigenvalue weighted by Crippen LogP contribution is -2.33. The molecule has 0 unspecified atom stereocenters. The number of hydrogen-bond acceptors (Lipinski definition) is 4. The summed E-state index contributed by atoms with van der Waals surface area (Å²) >= 11 is 0. The maximum Gasteiger partial charge on any atom is 0.338 e. The van der Waals surface area contributed by atoms with Crippen LogP contribution < -0.4 is 4.90 Å². The fourth-order valence-electron chi connectivity index (χ4n) is 6.25. The van der Waals surface area contributed by atoms with Gasteiger partial charge < -0.3 is 4.74 Å². The van der Waals surface area contributed by atoms with Gasteiger partial charge in [0.15, 0.2) is 0 Å². The van der Waals surface area contributed by atoms with Gasteiger partial charge in [-0.2, -0.15) is 0 Å². The van der Waals surface area contributed by atoms with Crippen LogP contribution in [0.4, 0.5) is 5.69 Å². The molecular formula is C33H29NO4. The van der Waals surface area contributed by atoms with Crippen LogP contribution in [0.25, 0.3) is 5.57 Å². The molecule has 1 saturated heterocycles. The number of anilines is 1. The summed E-state index contributed by atoms with van der Waals surface area (Å²) < 4.78 is 5.05. The van der Waals surface area contributed by atoms with E-state index in [2.05, 4.69) is 74.5 Å². The van der Waals surface area contributed by atoms with Gasteiger partial charge in [0.25, 0.3) is 0 Å². The van der Waals surface area contributed by atoms with Crippen LogP contribution in [0.3, 0.4) is 0 Å². The summed E-state index contributed by atoms with van der Waals surface area (Å²) in [6.07, 6.45) is 4.23. The summed E-state index contributed by atoms with van der Waals surface area (Å²) in [4.78, 5) is 41.0. The van der Waals surface area contributed by atoms with Gasteiger partial charge in [0.2, 0.25) is 11.8 Å². The zero-order valence-corrected chi connectivity index (χ0v) is 21.7. The quantitative estimate of drug-likeness (QED) is 0.247. The third kappa shape index (κ3) is 3.73. The number of amides is 2. The van der Waals surface area contributed by atoms with E-state index in [4.69, 9.17) is 4.74 Å². The molecule has 1 saturated carbocycles. The van der Waals surface area contributed by atoms with E-state index in [0.717, 1.165) is 22.3 Å². The molecule has 2 aliphatic carbocycles. The third-order valence-corrected chi connectivity index (χ3v) is 8.02. The molecule has 0 N–H and O–H groups in total. The second-order valence-corrected chi connectivity index (χ2v) is 10.3. The molecule has 2 amide bonds. The lowest BCUT2D eigenvalue weighted by atomic mass is 9.85. The number of nitrogens with zero attached hydrogens (tertiary/aromatic N) is 1. The summed E-state index contributed by atoms with van der Waals surface area (Å²) in [5.74, 6) is -1.90. The molecule has 3 aromatic carbocycles. The van der Waals surface area contributed by atoms with Crippen molar-refractivity contribution in [1.82, 2.24) is 0 Å². The van der Waals surface area contributed by atoms with Crippen LogP contribution in [-0.4, -0.2) is 24.4 Å². The van der Waals surface area contributed by atoms with Crippen molar-refractivity contribution in [2.75, 3.05) is 11.5 Å². The van der Waals surface area contributed by atoms with Crippen molar-refractivity contribution >= 4 is 29.0 Å². The molecule has 5 nitrogen and oxygen atoms in total. The van der Waals surface area contributed by atoms with Gasteiger partial charge in [-0.25, -0.2) is 9.69 Å². The van der Waals surface area contributed by atoms with Gasteiger partial charge >= 0.3 is 5.97 Å². The number of fused-ring (bicyclic) bond motifs is 5. The number of rotatable bonds is 5. The van der Waals surface area contributed by atoms with Gasteiger partial charge in [-0.15, -0.1) is 0 Å². The summed E-state index contributed by atoms with van der Waals surface area (Å²) in [6.45, 7) is 6.17. The van der Waals surface area contributed by atoms with E-state index in [-0.39, 0.29) is 30.3 Å². The predicted molar refractivity (Wildman–Crippen MR) is 146 cm³/mol. The van der Waals surface area contributed by atoms with E-state index in [1.165, 1.54) is 16.0 Å². The minimum absolute atomic E-state index is 0.136. The van der Waals surface area contributed by atoms with Crippen LogP contribution in [-0.2, 0) is 14.3 Å². The monoisotopic (exact) mass is 503 g/mol. The standard InChI is InChI=1S/C33H29NO4/c1-4-38-33(37)23-13-15-24(16-14-23)34-31(35)29-25-17-18-26(30(29)32(34)36)28(25)27(21-9-5-19(2)6-10-21)22-11-7-20(3)8-12-22/h5-18,25-26,29-30H,4H2,1-3H3/t25-,26-,29+,30+/m0/s1. The van der Waals surface area contributed by atoms with Crippen LogP contribution >= 0.6 is 0 Å². The Morgan fingerprint density at radius 3 is 1.61 bits per heavy atom. The SMILES string of the molecule is CCOC(=O)c1ccc(N2C(=O)[C@H]3[C@H](C2=O)[C@H]2C=C[C@H]3C2=C(c2ccc(C)cc2)c2ccc(C)cc2)cc1. The molecule has 1 heterocycles. The Kier molecular flexibility index (Phi) is 5.87. The molecule has 190 valence electrons. The molecule has 3 aliphatic rings. The molecular weight excluding hydrogens is 474 g/mol. The molecule has 2 fully saturated rings. The van der Waals surface area contributed by atoms with E-state index in [1.54, 1.807) is 31.2 Å². The van der Waals surface area contributed by atoms with Gasteiger partial charge in [0, 0.05) is 11.8 Å². The highest BCUT2D eigenvalue weighted by molar-refractivity contribution is 6.23. The second-order valence-electron chi connectivity index (χ2n) is 10.3. The van der Waals surface area contributed by atoms with Crippen molar-refractivity contribution in [1.29, 1.82) is 0 Å². The van der Waals surface area contributed by atoms with Crippen molar-refractivity contribution in [3.8, 4) is 0 Å². The summed E-state index contributed by atoms with van der Waals surface area (Å²) in [5.41, 5.74) is 7.71. The average Bonchev–Trinajstić information content (AvgIpc) is 3.55. The first kappa shape index (κ1) is 24.1. The lowest BCUT2D eigenvalue weighted by Gasteiger charge is -2.22. The van der Waals surface area contributed by atoms with Gasteiger partial charge in [-0.1, -0.05) is 71.8 Å². The highest BCUT2D eigenvalue weighted by Gasteiger charge is 2.62. The highest BCUT2D eigenvalue weighted by atomic mass is 16.5. The van der Waals surface area contributed by atoms with Crippen molar-refractivity contribution in [3.05, 3.63) is 118 Å². The lowest BCUT2D eigenvalue weighted by molar-refractivity contribution is -0.122. The van der Waals surface area contributed by atoms with Crippen molar-refractivity contribution in [2.24, 2.45) is 23.7 Å². The van der Waals surface area contributed by atoms with E-state index in [1.807, 2.05) is 0 Å². The average molecular weight is 504 g/mol. The topological polar surface area (TPSA) is 63.7 Å². The molecule has 4 atom stereocenters. The van der Waals surface area contributed by atoms with Crippen LogP contribution in [0.2, 0.25) is 0 Å². The number of esters is 1. The van der Waals surface area contributed by atoms with E-state index >= 15 is 0 Å². The summed E-state index contributed by atoms with van der Waals surface area (Å²) in [5, 5.41) is 0. The second kappa shape index (κ2) is 9.25. The Labute approximate surface area is 222 Å². The maximum atomic E-state index is 13.8. The molecule has 1 aliphatic heterocycles. The Hall–Kier alpha value is -4.25. The number of carbonyl (C=O) groups is 3. The largest absolute Gasteiger partial charge is 0.462 e. The number of imide groups is 1. The Bertz CT molecular complexity index is 1410. The minimum atomic E-state index is -0.428. The van der Waals surface area contributed by atoms with Crippen molar-refractivity contribution < 1.29 is 19.1 Å². The molecule has 38 heavy (non-hydrogen) atoms. The minimum Gasteiger partial charge on any atom is -0.462 e. The maximum absolute atomic E-state index is 13.8. The van der Waals surface area contributed by atoms with Crippen LogP contribution in [0, 0.1) is 37.5 Å². The van der Waals surface area contributed by atoms with Crippen LogP contribution in [0.5, 0.6) is 0 Å². The Balaban J connectivity index is 1.40. The molecule has 3 aromatic rings. The van der Waals surface area contributed by atoms with Gasteiger partial charge in [0.1, 0.15) is 0 Å². The number of benzene rings is 3. The zero-order valence-electron chi connectivity index (χ0n) is 21.7. The van der Waals surface area contributed by atoms with Crippen molar-refractivity contribution in [3.63, 3.8) is 0 Å². The molecule has 6 rings (SSSR count). The fourth-order valence-corrected chi connectivity index (χ4v) is 6.25. The molecule has 0 radical (unpaired) electrons. The van der Waals surface area contributed by atoms with Gasteiger partial charge in [0.05, 0.1) is 29.7 Å². The van der Waals surface area contributed by atoms with Crippen molar-refractivity contribution in [2.45, 2.75) is 20.8 Å².